The van der Waals surface area contributed by atoms with Gasteiger partial charge in [0.25, 0.3) is 0 Å². The summed E-state index contributed by atoms with van der Waals surface area (Å²) in [5.74, 6) is -0.995. The molecule has 0 bridgehead atoms. The van der Waals surface area contributed by atoms with Gasteiger partial charge in [0.2, 0.25) is 5.60 Å². The lowest BCUT2D eigenvalue weighted by Crippen LogP contribution is -2.40. The molecule has 0 amide bonds. The largest absolute Gasteiger partial charge is 0.460 e. The second-order valence-corrected chi connectivity index (χ2v) is 4.74. The molecule has 0 radical (unpaired) electrons. The van der Waals surface area contributed by atoms with E-state index in [1.807, 2.05) is 6.92 Å². The van der Waals surface area contributed by atoms with Gasteiger partial charge in [-0.05, 0) is 34.1 Å². The van der Waals surface area contributed by atoms with Crippen molar-refractivity contribution >= 4 is 11.9 Å². The first kappa shape index (κ1) is 15.7. The van der Waals surface area contributed by atoms with E-state index < -0.39 is 17.5 Å². The predicted molar refractivity (Wildman–Crippen MR) is 65.4 cm³/mol. The minimum Gasteiger partial charge on any atom is -0.460 e. The van der Waals surface area contributed by atoms with Gasteiger partial charge in [-0.25, -0.2) is 4.79 Å². The lowest BCUT2D eigenvalue weighted by atomic mass is 10.1. The first-order chi connectivity index (χ1) is 7.69. The molecule has 0 N–H and O–H groups in total. The molecule has 0 aliphatic rings. The standard InChI is InChI=1S/C13H22O4/c1-7-10(4)16-12(15)13(5,6)17-11(14)8-9(2)3/h10H,2,7-8H2,1,3-6H3. The third kappa shape index (κ3) is 6.09. The Labute approximate surface area is 103 Å². The van der Waals surface area contributed by atoms with Crippen molar-refractivity contribution in [3.63, 3.8) is 0 Å². The molecule has 0 aromatic heterocycles. The fourth-order valence-corrected chi connectivity index (χ4v) is 1.02. The van der Waals surface area contributed by atoms with E-state index in [1.165, 1.54) is 13.8 Å². The Morgan fingerprint density at radius 2 is 1.88 bits per heavy atom. The van der Waals surface area contributed by atoms with Gasteiger partial charge in [-0.1, -0.05) is 19.1 Å². The molecule has 0 aliphatic heterocycles. The zero-order chi connectivity index (χ0) is 13.6. The number of esters is 2. The number of hydrogen-bond donors (Lipinski definition) is 0. The van der Waals surface area contributed by atoms with Crippen molar-refractivity contribution < 1.29 is 19.1 Å². The van der Waals surface area contributed by atoms with Crippen LogP contribution >= 0.6 is 0 Å². The van der Waals surface area contributed by atoms with Crippen LogP contribution in [0.25, 0.3) is 0 Å². The van der Waals surface area contributed by atoms with Crippen LogP contribution < -0.4 is 0 Å². The second-order valence-electron chi connectivity index (χ2n) is 4.74. The summed E-state index contributed by atoms with van der Waals surface area (Å²) in [6, 6.07) is 0. The van der Waals surface area contributed by atoms with E-state index in [1.54, 1.807) is 13.8 Å². The van der Waals surface area contributed by atoms with E-state index in [9.17, 15) is 9.59 Å². The lowest BCUT2D eigenvalue weighted by molar-refractivity contribution is -0.181. The maximum Gasteiger partial charge on any atom is 0.350 e. The zero-order valence-corrected chi connectivity index (χ0v) is 11.3. The van der Waals surface area contributed by atoms with Gasteiger partial charge >= 0.3 is 11.9 Å². The SMILES string of the molecule is C=C(C)CC(=O)OC(C)(C)C(=O)OC(C)CC. The van der Waals surface area contributed by atoms with Crippen LogP contribution in [-0.4, -0.2) is 23.6 Å². The highest BCUT2D eigenvalue weighted by Gasteiger charge is 2.34. The molecule has 4 heteroatoms. The third-order valence-corrected chi connectivity index (χ3v) is 2.19. The highest BCUT2D eigenvalue weighted by atomic mass is 16.6. The van der Waals surface area contributed by atoms with Crippen LogP contribution in [0.1, 0.15) is 47.5 Å². The predicted octanol–water partition coefficient (Wildman–Crippen LogP) is 2.62. The van der Waals surface area contributed by atoms with Gasteiger partial charge < -0.3 is 9.47 Å². The summed E-state index contributed by atoms with van der Waals surface area (Å²) in [4.78, 5) is 23.2. The van der Waals surface area contributed by atoms with Gasteiger partial charge in [0.05, 0.1) is 12.5 Å². The summed E-state index contributed by atoms with van der Waals surface area (Å²) in [5, 5.41) is 0. The van der Waals surface area contributed by atoms with E-state index in [2.05, 4.69) is 6.58 Å². The minimum atomic E-state index is -1.25. The molecular formula is C13H22O4. The van der Waals surface area contributed by atoms with E-state index in [0.717, 1.165) is 6.42 Å². The molecule has 17 heavy (non-hydrogen) atoms. The van der Waals surface area contributed by atoms with Crippen molar-refractivity contribution in [2.24, 2.45) is 0 Å². The Hall–Kier alpha value is -1.32. The fourth-order valence-electron chi connectivity index (χ4n) is 1.02. The van der Waals surface area contributed by atoms with Crippen molar-refractivity contribution in [3.05, 3.63) is 12.2 Å². The molecular weight excluding hydrogens is 220 g/mol. The number of hydrogen-bond acceptors (Lipinski definition) is 4. The van der Waals surface area contributed by atoms with Crippen molar-refractivity contribution in [3.8, 4) is 0 Å². The number of carbonyl (C=O) groups excluding carboxylic acids is 2. The van der Waals surface area contributed by atoms with Crippen LogP contribution in [0.3, 0.4) is 0 Å². The smallest absolute Gasteiger partial charge is 0.350 e. The summed E-state index contributed by atoms with van der Waals surface area (Å²) in [5.41, 5.74) is -0.559. The average molecular weight is 242 g/mol. The zero-order valence-electron chi connectivity index (χ0n) is 11.3. The maximum absolute atomic E-state index is 11.7. The van der Waals surface area contributed by atoms with E-state index in [-0.39, 0.29) is 12.5 Å². The number of carbonyl (C=O) groups is 2. The molecule has 0 fully saturated rings. The summed E-state index contributed by atoms with van der Waals surface area (Å²) < 4.78 is 10.2. The Morgan fingerprint density at radius 3 is 2.29 bits per heavy atom. The highest BCUT2D eigenvalue weighted by Crippen LogP contribution is 2.16. The van der Waals surface area contributed by atoms with Gasteiger partial charge in [-0.15, -0.1) is 0 Å². The fraction of sp³-hybridized carbons (Fsp3) is 0.692. The van der Waals surface area contributed by atoms with Crippen molar-refractivity contribution in [1.82, 2.24) is 0 Å². The monoisotopic (exact) mass is 242 g/mol. The van der Waals surface area contributed by atoms with Gasteiger partial charge in [0, 0.05) is 0 Å². The molecule has 0 aromatic carbocycles. The molecule has 0 rings (SSSR count). The Morgan fingerprint density at radius 1 is 1.35 bits per heavy atom. The highest BCUT2D eigenvalue weighted by molar-refractivity contribution is 5.83. The van der Waals surface area contributed by atoms with Crippen molar-refractivity contribution in [1.29, 1.82) is 0 Å². The van der Waals surface area contributed by atoms with Gasteiger partial charge in [0.15, 0.2) is 0 Å². The topological polar surface area (TPSA) is 52.6 Å². The molecule has 0 spiro atoms. The molecule has 0 aliphatic carbocycles. The second kappa shape index (κ2) is 6.42. The van der Waals surface area contributed by atoms with Gasteiger partial charge in [0.1, 0.15) is 0 Å². The average Bonchev–Trinajstić information content (AvgIpc) is 2.14. The van der Waals surface area contributed by atoms with Crippen LogP contribution in [-0.2, 0) is 19.1 Å². The molecule has 1 atom stereocenters. The van der Waals surface area contributed by atoms with Gasteiger partial charge in [-0.2, -0.15) is 0 Å². The number of ether oxygens (including phenoxy) is 2. The van der Waals surface area contributed by atoms with Crippen LogP contribution in [0.15, 0.2) is 12.2 Å². The molecule has 0 heterocycles. The number of rotatable bonds is 6. The van der Waals surface area contributed by atoms with Crippen LogP contribution in [0.5, 0.6) is 0 Å². The molecule has 0 saturated heterocycles. The van der Waals surface area contributed by atoms with Crippen LogP contribution in [0.4, 0.5) is 0 Å². The first-order valence-electron chi connectivity index (χ1n) is 5.76. The Kier molecular flexibility index (Phi) is 5.93. The molecule has 1 unspecified atom stereocenters. The van der Waals surface area contributed by atoms with E-state index in [4.69, 9.17) is 9.47 Å². The quantitative estimate of drug-likeness (QED) is 0.530. The van der Waals surface area contributed by atoms with Gasteiger partial charge in [-0.3, -0.25) is 4.79 Å². The van der Waals surface area contributed by atoms with Crippen molar-refractivity contribution in [2.75, 3.05) is 0 Å². The van der Waals surface area contributed by atoms with Crippen LogP contribution in [0.2, 0.25) is 0 Å². The van der Waals surface area contributed by atoms with E-state index in [0.29, 0.717) is 5.57 Å². The molecule has 0 aromatic rings. The molecule has 4 nitrogen and oxygen atoms in total. The lowest BCUT2D eigenvalue weighted by Gasteiger charge is -2.24. The maximum atomic E-state index is 11.7. The normalized spacial score (nSPS) is 12.8. The minimum absolute atomic E-state index is 0.111. The Bertz CT molecular complexity index is 305. The van der Waals surface area contributed by atoms with E-state index >= 15 is 0 Å². The Balaban J connectivity index is 4.40. The third-order valence-electron chi connectivity index (χ3n) is 2.19. The van der Waals surface area contributed by atoms with Crippen molar-refractivity contribution in [2.45, 2.75) is 59.2 Å². The summed E-state index contributed by atoms with van der Waals surface area (Å²) in [6.07, 6.45) is 0.656. The summed E-state index contributed by atoms with van der Waals surface area (Å²) >= 11 is 0. The summed E-state index contributed by atoms with van der Waals surface area (Å²) in [7, 11) is 0. The molecule has 98 valence electrons. The molecule has 0 saturated carbocycles. The first-order valence-corrected chi connectivity index (χ1v) is 5.76. The van der Waals surface area contributed by atoms with Crippen LogP contribution in [0, 0.1) is 0 Å². The summed E-state index contributed by atoms with van der Waals surface area (Å²) in [6.45, 7) is 12.1.